The molecular formula is C22H26N4O. The van der Waals surface area contributed by atoms with Crippen molar-refractivity contribution in [1.29, 1.82) is 0 Å². The van der Waals surface area contributed by atoms with Crippen LogP contribution in [0.4, 0.5) is 17.5 Å². The van der Waals surface area contributed by atoms with Gasteiger partial charge < -0.3 is 15.4 Å². The summed E-state index contributed by atoms with van der Waals surface area (Å²) < 4.78 is 5.10. The van der Waals surface area contributed by atoms with Crippen molar-refractivity contribution in [2.24, 2.45) is 0 Å². The quantitative estimate of drug-likeness (QED) is 0.548. The largest absolute Gasteiger partial charge is 0.383 e. The van der Waals surface area contributed by atoms with Crippen molar-refractivity contribution in [3.05, 3.63) is 66.2 Å². The van der Waals surface area contributed by atoms with E-state index < -0.39 is 0 Å². The Bertz CT molecular complexity index is 848. The molecule has 1 aromatic heterocycles. The number of hydrogen-bond acceptors (Lipinski definition) is 5. The summed E-state index contributed by atoms with van der Waals surface area (Å²) in [6, 6.07) is 20.5. The van der Waals surface area contributed by atoms with E-state index in [1.807, 2.05) is 36.4 Å². The molecule has 0 aliphatic rings. The summed E-state index contributed by atoms with van der Waals surface area (Å²) in [6.45, 7) is 5.63. The standard InChI is InChI=1S/C22H26N4O/c1-16(2)17-9-11-19(12-10-17)24-21-15-20(18-7-5-4-6-8-18)25-22(26-21)23-13-14-27-3/h4-12,15-16H,13-14H2,1-3H3,(H2,23,24,25,26). The van der Waals surface area contributed by atoms with Crippen LogP contribution >= 0.6 is 0 Å². The van der Waals surface area contributed by atoms with E-state index in [4.69, 9.17) is 4.74 Å². The smallest absolute Gasteiger partial charge is 0.225 e. The third-order valence-corrected chi connectivity index (χ3v) is 4.23. The van der Waals surface area contributed by atoms with E-state index in [1.54, 1.807) is 7.11 Å². The molecule has 0 aliphatic carbocycles. The summed E-state index contributed by atoms with van der Waals surface area (Å²) in [4.78, 5) is 9.23. The molecule has 0 atom stereocenters. The minimum atomic E-state index is 0.513. The van der Waals surface area contributed by atoms with Gasteiger partial charge in [-0.05, 0) is 23.6 Å². The van der Waals surface area contributed by atoms with Gasteiger partial charge in [-0.2, -0.15) is 4.98 Å². The van der Waals surface area contributed by atoms with Gasteiger partial charge >= 0.3 is 0 Å². The van der Waals surface area contributed by atoms with Gasteiger partial charge in [0.2, 0.25) is 5.95 Å². The number of nitrogens with zero attached hydrogens (tertiary/aromatic N) is 2. The van der Waals surface area contributed by atoms with E-state index in [-0.39, 0.29) is 0 Å². The van der Waals surface area contributed by atoms with Gasteiger partial charge in [-0.15, -0.1) is 0 Å². The van der Waals surface area contributed by atoms with E-state index in [2.05, 4.69) is 58.7 Å². The number of aromatic nitrogens is 2. The van der Waals surface area contributed by atoms with Crippen LogP contribution < -0.4 is 10.6 Å². The third-order valence-electron chi connectivity index (χ3n) is 4.23. The number of benzene rings is 2. The van der Waals surface area contributed by atoms with Crippen molar-refractivity contribution in [3.63, 3.8) is 0 Å². The molecule has 3 rings (SSSR count). The highest BCUT2D eigenvalue weighted by molar-refractivity contribution is 5.67. The summed E-state index contributed by atoms with van der Waals surface area (Å²) >= 11 is 0. The van der Waals surface area contributed by atoms with Gasteiger partial charge in [0, 0.05) is 31.0 Å². The Hall–Kier alpha value is -2.92. The SMILES string of the molecule is COCCNc1nc(Nc2ccc(C(C)C)cc2)cc(-c2ccccc2)n1. The Morgan fingerprint density at radius 1 is 0.963 bits per heavy atom. The molecule has 2 N–H and O–H groups in total. The molecule has 140 valence electrons. The summed E-state index contributed by atoms with van der Waals surface area (Å²) in [6.07, 6.45) is 0. The van der Waals surface area contributed by atoms with Crippen LogP contribution in [0.15, 0.2) is 60.7 Å². The maximum Gasteiger partial charge on any atom is 0.225 e. The first-order valence-corrected chi connectivity index (χ1v) is 9.20. The Balaban J connectivity index is 1.87. The van der Waals surface area contributed by atoms with Crippen molar-refractivity contribution >= 4 is 17.5 Å². The Labute approximate surface area is 160 Å². The molecule has 0 aliphatic heterocycles. The van der Waals surface area contributed by atoms with Crippen LogP contribution in [0.1, 0.15) is 25.3 Å². The van der Waals surface area contributed by atoms with E-state index in [0.29, 0.717) is 25.0 Å². The van der Waals surface area contributed by atoms with Gasteiger partial charge in [-0.3, -0.25) is 0 Å². The normalized spacial score (nSPS) is 10.8. The fraction of sp³-hybridized carbons (Fsp3) is 0.273. The van der Waals surface area contributed by atoms with E-state index in [0.717, 1.165) is 22.8 Å². The molecule has 0 unspecified atom stereocenters. The predicted molar refractivity (Wildman–Crippen MR) is 112 cm³/mol. The maximum absolute atomic E-state index is 5.10. The number of rotatable bonds is 8. The first kappa shape index (κ1) is 18.9. The molecule has 3 aromatic rings. The van der Waals surface area contributed by atoms with Gasteiger partial charge in [0.25, 0.3) is 0 Å². The monoisotopic (exact) mass is 362 g/mol. The van der Waals surface area contributed by atoms with E-state index >= 15 is 0 Å². The van der Waals surface area contributed by atoms with Gasteiger partial charge in [0.05, 0.1) is 12.3 Å². The molecule has 0 saturated heterocycles. The topological polar surface area (TPSA) is 59.1 Å². The molecule has 2 aromatic carbocycles. The lowest BCUT2D eigenvalue weighted by molar-refractivity contribution is 0.210. The van der Waals surface area contributed by atoms with Gasteiger partial charge in [-0.25, -0.2) is 4.98 Å². The predicted octanol–water partition coefficient (Wildman–Crippen LogP) is 5.07. The van der Waals surface area contributed by atoms with Crippen LogP contribution in [0.2, 0.25) is 0 Å². The van der Waals surface area contributed by atoms with Crippen molar-refractivity contribution in [1.82, 2.24) is 9.97 Å². The van der Waals surface area contributed by atoms with Crippen LogP contribution in [0.5, 0.6) is 0 Å². The second-order valence-corrected chi connectivity index (χ2v) is 6.65. The van der Waals surface area contributed by atoms with Crippen LogP contribution in [-0.4, -0.2) is 30.2 Å². The number of ether oxygens (including phenoxy) is 1. The lowest BCUT2D eigenvalue weighted by Crippen LogP contribution is -2.11. The molecule has 5 nitrogen and oxygen atoms in total. The van der Waals surface area contributed by atoms with Gasteiger partial charge in [0.1, 0.15) is 5.82 Å². The lowest BCUT2D eigenvalue weighted by Gasteiger charge is -2.12. The van der Waals surface area contributed by atoms with Crippen LogP contribution in [0.3, 0.4) is 0 Å². The first-order valence-electron chi connectivity index (χ1n) is 9.20. The van der Waals surface area contributed by atoms with Crippen molar-refractivity contribution in [2.75, 3.05) is 30.9 Å². The van der Waals surface area contributed by atoms with Crippen LogP contribution in [-0.2, 0) is 4.74 Å². The molecule has 0 fully saturated rings. The van der Waals surface area contributed by atoms with Crippen molar-refractivity contribution < 1.29 is 4.74 Å². The van der Waals surface area contributed by atoms with E-state index in [9.17, 15) is 0 Å². The third kappa shape index (κ3) is 5.28. The summed E-state index contributed by atoms with van der Waals surface area (Å²) in [5.74, 6) is 1.84. The Kier molecular flexibility index (Phi) is 6.39. The minimum Gasteiger partial charge on any atom is -0.383 e. The molecule has 0 spiro atoms. The molecule has 0 amide bonds. The summed E-state index contributed by atoms with van der Waals surface area (Å²) in [7, 11) is 1.68. The highest BCUT2D eigenvalue weighted by Crippen LogP contribution is 2.24. The Morgan fingerprint density at radius 2 is 1.70 bits per heavy atom. The fourth-order valence-corrected chi connectivity index (χ4v) is 2.71. The average Bonchev–Trinajstić information content (AvgIpc) is 2.69. The molecule has 27 heavy (non-hydrogen) atoms. The lowest BCUT2D eigenvalue weighted by atomic mass is 10.0. The van der Waals surface area contributed by atoms with Crippen molar-refractivity contribution in [2.45, 2.75) is 19.8 Å². The van der Waals surface area contributed by atoms with E-state index in [1.165, 1.54) is 5.56 Å². The molecule has 0 bridgehead atoms. The van der Waals surface area contributed by atoms with Gasteiger partial charge in [0.15, 0.2) is 0 Å². The number of nitrogens with one attached hydrogen (secondary N) is 2. The van der Waals surface area contributed by atoms with Crippen molar-refractivity contribution in [3.8, 4) is 11.3 Å². The zero-order chi connectivity index (χ0) is 19.1. The highest BCUT2D eigenvalue weighted by Gasteiger charge is 2.07. The number of anilines is 3. The summed E-state index contributed by atoms with van der Waals surface area (Å²) in [5.41, 5.74) is 4.23. The molecule has 0 radical (unpaired) electrons. The maximum atomic E-state index is 5.10. The zero-order valence-corrected chi connectivity index (χ0v) is 16.1. The molecular weight excluding hydrogens is 336 g/mol. The highest BCUT2D eigenvalue weighted by atomic mass is 16.5. The molecule has 5 heteroatoms. The fourth-order valence-electron chi connectivity index (χ4n) is 2.71. The summed E-state index contributed by atoms with van der Waals surface area (Å²) in [5, 5.41) is 6.61. The van der Waals surface area contributed by atoms with Crippen LogP contribution in [0.25, 0.3) is 11.3 Å². The van der Waals surface area contributed by atoms with Gasteiger partial charge in [-0.1, -0.05) is 56.3 Å². The Morgan fingerprint density at radius 3 is 2.37 bits per heavy atom. The number of methoxy groups -OCH3 is 1. The molecule has 1 heterocycles. The second-order valence-electron chi connectivity index (χ2n) is 6.65. The number of hydrogen-bond donors (Lipinski definition) is 2. The average molecular weight is 362 g/mol. The zero-order valence-electron chi connectivity index (χ0n) is 16.1. The first-order chi connectivity index (χ1) is 13.2. The van der Waals surface area contributed by atoms with Crippen LogP contribution in [0, 0.1) is 0 Å². The second kappa shape index (κ2) is 9.14. The molecule has 0 saturated carbocycles. The minimum absolute atomic E-state index is 0.513.